The molecule has 0 aromatic heterocycles. The fourth-order valence-corrected chi connectivity index (χ4v) is 3.03. The van der Waals surface area contributed by atoms with Crippen molar-refractivity contribution in [3.8, 4) is 0 Å². The van der Waals surface area contributed by atoms with Crippen LogP contribution in [0.1, 0.15) is 0 Å². The molecule has 3 rings (SSSR count). The second-order valence-electron chi connectivity index (χ2n) is 6.44. The Hall–Kier alpha value is -3.20. The van der Waals surface area contributed by atoms with Crippen LogP contribution in [0, 0.1) is 15.9 Å². The highest BCUT2D eigenvalue weighted by atomic mass is 19.1. The van der Waals surface area contributed by atoms with Crippen LogP contribution in [0.25, 0.3) is 0 Å². The van der Waals surface area contributed by atoms with Crippen LogP contribution in [-0.4, -0.2) is 50.7 Å². The summed E-state index contributed by atoms with van der Waals surface area (Å²) in [6.45, 7) is 2.87. The highest BCUT2D eigenvalue weighted by Gasteiger charge is 2.20. The molecule has 0 spiro atoms. The number of benzene rings is 2. The Morgan fingerprint density at radius 3 is 2.57 bits per heavy atom. The minimum Gasteiger partial charge on any atom is -0.378 e. The molecule has 28 heavy (non-hydrogen) atoms. The van der Waals surface area contributed by atoms with Crippen LogP contribution >= 0.6 is 0 Å². The molecule has 0 saturated carbocycles. The SMILES string of the molecule is CN(CC(=O)Nc1ccc(N2CCOCC2)cc1)c1cc(F)ccc1[N+](=O)[O-]. The van der Waals surface area contributed by atoms with Crippen molar-refractivity contribution in [2.45, 2.75) is 0 Å². The van der Waals surface area contributed by atoms with E-state index in [1.165, 1.54) is 11.9 Å². The van der Waals surface area contributed by atoms with Crippen molar-refractivity contribution in [3.63, 3.8) is 0 Å². The smallest absolute Gasteiger partial charge is 0.292 e. The number of rotatable bonds is 6. The van der Waals surface area contributed by atoms with E-state index in [0.29, 0.717) is 18.9 Å². The molecule has 1 fully saturated rings. The van der Waals surface area contributed by atoms with Gasteiger partial charge in [-0.05, 0) is 30.3 Å². The Labute approximate surface area is 161 Å². The van der Waals surface area contributed by atoms with Crippen LogP contribution in [0.2, 0.25) is 0 Å². The molecule has 1 amide bonds. The molecule has 0 radical (unpaired) electrons. The number of nitro benzene ring substituents is 1. The van der Waals surface area contributed by atoms with Gasteiger partial charge in [-0.1, -0.05) is 0 Å². The van der Waals surface area contributed by atoms with Crippen LogP contribution in [0.4, 0.5) is 27.1 Å². The number of likely N-dealkylation sites (N-methyl/N-ethyl adjacent to an activating group) is 1. The maximum Gasteiger partial charge on any atom is 0.292 e. The Morgan fingerprint density at radius 2 is 1.93 bits per heavy atom. The third-order valence-corrected chi connectivity index (χ3v) is 4.45. The summed E-state index contributed by atoms with van der Waals surface area (Å²) in [5.41, 5.74) is 1.45. The molecule has 8 nitrogen and oxygen atoms in total. The molecule has 2 aromatic carbocycles. The van der Waals surface area contributed by atoms with E-state index in [2.05, 4.69) is 10.2 Å². The van der Waals surface area contributed by atoms with Crippen LogP contribution < -0.4 is 15.1 Å². The van der Waals surface area contributed by atoms with Crippen molar-refractivity contribution >= 4 is 28.7 Å². The lowest BCUT2D eigenvalue weighted by atomic mass is 10.2. The zero-order valence-electron chi connectivity index (χ0n) is 15.4. The number of carbonyl (C=O) groups is 1. The van der Waals surface area contributed by atoms with Gasteiger partial charge in [0.15, 0.2) is 0 Å². The summed E-state index contributed by atoms with van der Waals surface area (Å²) in [5, 5.41) is 13.9. The second kappa shape index (κ2) is 8.66. The van der Waals surface area contributed by atoms with Crippen molar-refractivity contribution in [1.29, 1.82) is 0 Å². The lowest BCUT2D eigenvalue weighted by Gasteiger charge is -2.29. The Morgan fingerprint density at radius 1 is 1.25 bits per heavy atom. The minimum absolute atomic E-state index is 0.0443. The normalized spacial score (nSPS) is 13.9. The number of halogens is 1. The fraction of sp³-hybridized carbons (Fsp3) is 0.316. The first-order valence-electron chi connectivity index (χ1n) is 8.82. The number of nitrogens with one attached hydrogen (secondary N) is 1. The molecule has 1 heterocycles. The first kappa shape index (κ1) is 19.6. The molecule has 2 aromatic rings. The van der Waals surface area contributed by atoms with Gasteiger partial charge in [-0.3, -0.25) is 14.9 Å². The van der Waals surface area contributed by atoms with Crippen molar-refractivity contribution in [1.82, 2.24) is 0 Å². The molecule has 0 bridgehead atoms. The van der Waals surface area contributed by atoms with Gasteiger partial charge >= 0.3 is 0 Å². The first-order chi connectivity index (χ1) is 13.4. The maximum absolute atomic E-state index is 13.5. The highest BCUT2D eigenvalue weighted by Crippen LogP contribution is 2.28. The van der Waals surface area contributed by atoms with Gasteiger partial charge in [0.05, 0.1) is 24.7 Å². The number of amides is 1. The summed E-state index contributed by atoms with van der Waals surface area (Å²) in [4.78, 5) is 26.4. The zero-order chi connectivity index (χ0) is 20.1. The Kier molecular flexibility index (Phi) is 6.05. The zero-order valence-corrected chi connectivity index (χ0v) is 15.4. The summed E-state index contributed by atoms with van der Waals surface area (Å²) in [6.07, 6.45) is 0. The van der Waals surface area contributed by atoms with Gasteiger partial charge in [-0.25, -0.2) is 4.39 Å². The van der Waals surface area contributed by atoms with Gasteiger partial charge in [-0.2, -0.15) is 0 Å². The highest BCUT2D eigenvalue weighted by molar-refractivity contribution is 5.94. The molecule has 1 saturated heterocycles. The lowest BCUT2D eigenvalue weighted by molar-refractivity contribution is -0.384. The van der Waals surface area contributed by atoms with Crippen molar-refractivity contribution < 1.29 is 18.8 Å². The van der Waals surface area contributed by atoms with Crippen molar-refractivity contribution in [2.75, 3.05) is 55.0 Å². The third kappa shape index (κ3) is 4.74. The summed E-state index contributed by atoms with van der Waals surface area (Å²) < 4.78 is 18.8. The maximum atomic E-state index is 13.5. The average molecular weight is 388 g/mol. The second-order valence-corrected chi connectivity index (χ2v) is 6.44. The predicted molar refractivity (Wildman–Crippen MR) is 104 cm³/mol. The monoisotopic (exact) mass is 388 g/mol. The van der Waals surface area contributed by atoms with E-state index >= 15 is 0 Å². The summed E-state index contributed by atoms with van der Waals surface area (Å²) in [5.74, 6) is -0.966. The number of hydrogen-bond acceptors (Lipinski definition) is 6. The predicted octanol–water partition coefficient (Wildman–Crippen LogP) is 2.65. The van der Waals surface area contributed by atoms with Crippen LogP contribution in [0.5, 0.6) is 0 Å². The summed E-state index contributed by atoms with van der Waals surface area (Å²) in [6, 6.07) is 10.6. The van der Waals surface area contributed by atoms with Gasteiger partial charge in [0.2, 0.25) is 5.91 Å². The quantitative estimate of drug-likeness (QED) is 0.605. The van der Waals surface area contributed by atoms with Gasteiger partial charge in [-0.15, -0.1) is 0 Å². The summed E-state index contributed by atoms with van der Waals surface area (Å²) >= 11 is 0. The number of nitro groups is 1. The largest absolute Gasteiger partial charge is 0.378 e. The molecule has 148 valence electrons. The van der Waals surface area contributed by atoms with E-state index in [-0.39, 0.29) is 23.8 Å². The molecule has 1 aliphatic heterocycles. The molecule has 1 N–H and O–H groups in total. The summed E-state index contributed by atoms with van der Waals surface area (Å²) in [7, 11) is 1.50. The molecular weight excluding hydrogens is 367 g/mol. The first-order valence-corrected chi connectivity index (χ1v) is 8.82. The van der Waals surface area contributed by atoms with Crippen LogP contribution in [0.3, 0.4) is 0 Å². The van der Waals surface area contributed by atoms with Crippen molar-refractivity contribution in [2.24, 2.45) is 0 Å². The van der Waals surface area contributed by atoms with Gasteiger partial charge in [0.1, 0.15) is 11.5 Å². The molecule has 0 atom stereocenters. The van der Waals surface area contributed by atoms with Crippen LogP contribution in [-0.2, 0) is 9.53 Å². The number of hydrogen-bond donors (Lipinski definition) is 1. The average Bonchev–Trinajstić information content (AvgIpc) is 2.68. The van der Waals surface area contributed by atoms with Gasteiger partial charge in [0.25, 0.3) is 5.69 Å². The number of morpholine rings is 1. The molecular formula is C19H21FN4O4. The van der Waals surface area contributed by atoms with Gasteiger partial charge in [0, 0.05) is 43.6 Å². The molecule has 9 heteroatoms. The van der Waals surface area contributed by atoms with Gasteiger partial charge < -0.3 is 19.9 Å². The lowest BCUT2D eigenvalue weighted by Crippen LogP contribution is -2.36. The molecule has 0 aliphatic carbocycles. The number of anilines is 3. The molecule has 0 unspecified atom stereocenters. The van der Waals surface area contributed by atoms with E-state index in [9.17, 15) is 19.3 Å². The topological polar surface area (TPSA) is 88.0 Å². The number of carbonyl (C=O) groups excluding carboxylic acids is 1. The minimum atomic E-state index is -0.605. The number of ether oxygens (including phenoxy) is 1. The van der Waals surface area contributed by atoms with Crippen LogP contribution in [0.15, 0.2) is 42.5 Å². The van der Waals surface area contributed by atoms with E-state index in [4.69, 9.17) is 4.74 Å². The van der Waals surface area contributed by atoms with E-state index in [0.717, 1.165) is 37.0 Å². The van der Waals surface area contributed by atoms with E-state index < -0.39 is 10.7 Å². The van der Waals surface area contributed by atoms with E-state index in [1.54, 1.807) is 12.1 Å². The van der Waals surface area contributed by atoms with Crippen molar-refractivity contribution in [3.05, 3.63) is 58.4 Å². The number of nitrogens with zero attached hydrogens (tertiary/aromatic N) is 3. The Bertz CT molecular complexity index is 854. The fourth-order valence-electron chi connectivity index (χ4n) is 3.03. The Balaban J connectivity index is 1.62. The molecule has 1 aliphatic rings. The third-order valence-electron chi connectivity index (χ3n) is 4.45. The van der Waals surface area contributed by atoms with E-state index in [1.807, 2.05) is 12.1 Å². The standard InChI is InChI=1S/C19H21FN4O4/c1-22(18-12-14(20)2-7-17(18)24(26)27)13-19(25)21-15-3-5-16(6-4-15)23-8-10-28-11-9-23/h2-7,12H,8-11,13H2,1H3,(H,21,25).